The molecule has 10 aromatic rings. The summed E-state index contributed by atoms with van der Waals surface area (Å²) in [6, 6.07) is 49.2. The van der Waals surface area contributed by atoms with Crippen LogP contribution < -0.4 is 0 Å². The molecule has 56 heavy (non-hydrogen) atoms. The van der Waals surface area contributed by atoms with Gasteiger partial charge in [0, 0.05) is 32.7 Å². The van der Waals surface area contributed by atoms with E-state index in [4.69, 9.17) is 19.4 Å². The number of allylic oxidation sites excluding steroid dienone is 6. The van der Waals surface area contributed by atoms with Gasteiger partial charge >= 0.3 is 0 Å². The molecular formula is C51H38N4O. The molecular weight excluding hydrogens is 685 g/mol. The van der Waals surface area contributed by atoms with E-state index >= 15 is 0 Å². The molecule has 0 radical (unpaired) electrons. The first-order chi connectivity index (χ1) is 27.7. The van der Waals surface area contributed by atoms with Gasteiger partial charge in [-0.05, 0) is 77.7 Å². The van der Waals surface area contributed by atoms with E-state index in [1.54, 1.807) is 0 Å². The lowest BCUT2D eigenvalue weighted by molar-refractivity contribution is 0.669. The number of hydrogen-bond acceptors (Lipinski definition) is 4. The van der Waals surface area contributed by atoms with Gasteiger partial charge in [-0.3, -0.25) is 0 Å². The molecule has 0 saturated heterocycles. The normalized spacial score (nSPS) is 12.6. The molecule has 0 aliphatic rings. The fourth-order valence-electron chi connectivity index (χ4n) is 8.06. The molecule has 0 spiro atoms. The maximum Gasteiger partial charge on any atom is 0.169 e. The second-order valence-electron chi connectivity index (χ2n) is 14.1. The number of rotatable bonds is 8. The average molecular weight is 723 g/mol. The van der Waals surface area contributed by atoms with Gasteiger partial charge in [-0.25, -0.2) is 15.0 Å². The van der Waals surface area contributed by atoms with Crippen LogP contribution in [0.25, 0.3) is 99.3 Å². The van der Waals surface area contributed by atoms with Crippen molar-refractivity contribution in [3.63, 3.8) is 0 Å². The Labute approximate surface area is 324 Å². The summed E-state index contributed by atoms with van der Waals surface area (Å²) in [7, 11) is 0. The van der Waals surface area contributed by atoms with E-state index in [1.807, 2.05) is 37.3 Å². The summed E-state index contributed by atoms with van der Waals surface area (Å²) in [6.07, 6.45) is 12.2. The van der Waals surface area contributed by atoms with Gasteiger partial charge in [-0.15, -0.1) is 0 Å². The highest BCUT2D eigenvalue weighted by Gasteiger charge is 2.25. The van der Waals surface area contributed by atoms with Gasteiger partial charge in [-0.2, -0.15) is 0 Å². The van der Waals surface area contributed by atoms with Gasteiger partial charge < -0.3 is 8.98 Å². The highest BCUT2D eigenvalue weighted by Crippen LogP contribution is 2.44. The predicted octanol–water partition coefficient (Wildman–Crippen LogP) is 13.8. The molecule has 5 heteroatoms. The maximum absolute atomic E-state index is 6.88. The fourth-order valence-corrected chi connectivity index (χ4v) is 8.06. The summed E-state index contributed by atoms with van der Waals surface area (Å²) >= 11 is 0. The van der Waals surface area contributed by atoms with Crippen LogP contribution in [0.15, 0.2) is 174 Å². The number of hydrogen-bond donors (Lipinski definition) is 0. The van der Waals surface area contributed by atoms with E-state index in [2.05, 4.69) is 151 Å². The van der Waals surface area contributed by atoms with Gasteiger partial charge in [0.1, 0.15) is 11.2 Å². The summed E-state index contributed by atoms with van der Waals surface area (Å²) in [5, 5.41) is 9.24. The minimum absolute atomic E-state index is 0.552. The number of fused-ring (bicyclic) bond motifs is 9. The predicted molar refractivity (Wildman–Crippen MR) is 234 cm³/mol. The van der Waals surface area contributed by atoms with Crippen molar-refractivity contribution < 1.29 is 4.42 Å². The summed E-state index contributed by atoms with van der Waals surface area (Å²) in [5.74, 6) is 1.79. The molecule has 0 saturated carbocycles. The third-order valence-electron chi connectivity index (χ3n) is 10.7. The Bertz CT molecular complexity index is 3220. The van der Waals surface area contributed by atoms with Crippen molar-refractivity contribution in [1.29, 1.82) is 0 Å². The fraction of sp³-hybridized carbons (Fsp3) is 0.0784. The summed E-state index contributed by atoms with van der Waals surface area (Å²) < 4.78 is 9.27. The summed E-state index contributed by atoms with van der Waals surface area (Å²) in [5.41, 5.74) is 7.42. The van der Waals surface area contributed by atoms with Crippen molar-refractivity contribution in [3.05, 3.63) is 176 Å². The van der Waals surface area contributed by atoms with Crippen LogP contribution in [0.2, 0.25) is 0 Å². The third kappa shape index (κ3) is 5.59. The summed E-state index contributed by atoms with van der Waals surface area (Å²) in [6.45, 7) is 4.18. The van der Waals surface area contributed by atoms with Gasteiger partial charge in [0.25, 0.3) is 0 Å². The van der Waals surface area contributed by atoms with Crippen LogP contribution in [0.1, 0.15) is 32.5 Å². The monoisotopic (exact) mass is 722 g/mol. The number of aromatic nitrogens is 4. The molecule has 0 fully saturated rings. The minimum Gasteiger partial charge on any atom is -0.455 e. The standard InChI is InChI=1S/C51H38N4O/c1-3-5-8-19-34(17-6-4-2)49-52-50(35-20-9-7-10-21-35)54-51(53-49)47-43(30-28-40-39-25-15-16-26-45(39)56-48(40)47)55-42-29-27-33-18-13-14-24-38(33)46(42)41-31-36-22-11-12-23-37(36)32-44(41)55/h4-16,18-32H,3,17H2,1-2H3/b6-4-,8-5-,34-19+. The molecule has 0 unspecified atom stereocenters. The highest BCUT2D eigenvalue weighted by molar-refractivity contribution is 6.24. The average Bonchev–Trinajstić information content (AvgIpc) is 3.79. The molecule has 0 aliphatic carbocycles. The molecule has 268 valence electrons. The van der Waals surface area contributed by atoms with E-state index in [1.165, 1.54) is 32.3 Å². The molecule has 7 aromatic carbocycles. The van der Waals surface area contributed by atoms with Crippen LogP contribution in [0, 0.1) is 0 Å². The van der Waals surface area contributed by atoms with Crippen molar-refractivity contribution in [2.24, 2.45) is 0 Å². The Morgan fingerprint density at radius 3 is 2.18 bits per heavy atom. The van der Waals surface area contributed by atoms with Crippen LogP contribution in [0.3, 0.4) is 0 Å². The highest BCUT2D eigenvalue weighted by atomic mass is 16.3. The summed E-state index contributed by atoms with van der Waals surface area (Å²) in [4.78, 5) is 15.9. The van der Waals surface area contributed by atoms with Gasteiger partial charge in [0.15, 0.2) is 17.5 Å². The van der Waals surface area contributed by atoms with Crippen LogP contribution in [-0.4, -0.2) is 19.5 Å². The molecule has 10 rings (SSSR count). The smallest absolute Gasteiger partial charge is 0.169 e. The van der Waals surface area contributed by atoms with Crippen molar-refractivity contribution >= 4 is 70.9 Å². The lowest BCUT2D eigenvalue weighted by Gasteiger charge is -2.16. The zero-order valence-electron chi connectivity index (χ0n) is 31.3. The molecule has 0 amide bonds. The first kappa shape index (κ1) is 33.5. The van der Waals surface area contributed by atoms with E-state index in [-0.39, 0.29) is 0 Å². The Balaban J connectivity index is 1.36. The number of furan rings is 1. The van der Waals surface area contributed by atoms with E-state index in [0.717, 1.165) is 61.8 Å². The largest absolute Gasteiger partial charge is 0.455 e. The number of para-hydroxylation sites is 1. The zero-order chi connectivity index (χ0) is 37.6. The van der Waals surface area contributed by atoms with Crippen molar-refractivity contribution in [2.75, 3.05) is 0 Å². The number of benzene rings is 7. The van der Waals surface area contributed by atoms with Crippen molar-refractivity contribution in [2.45, 2.75) is 26.7 Å². The van der Waals surface area contributed by atoms with Gasteiger partial charge in [0.2, 0.25) is 0 Å². The van der Waals surface area contributed by atoms with E-state index in [0.29, 0.717) is 23.9 Å². The lowest BCUT2D eigenvalue weighted by atomic mass is 10.0. The molecule has 0 N–H and O–H groups in total. The van der Waals surface area contributed by atoms with Crippen LogP contribution >= 0.6 is 0 Å². The lowest BCUT2D eigenvalue weighted by Crippen LogP contribution is -2.05. The third-order valence-corrected chi connectivity index (χ3v) is 10.7. The Hall–Kier alpha value is -7.11. The molecule has 0 bridgehead atoms. The second kappa shape index (κ2) is 13.9. The van der Waals surface area contributed by atoms with Crippen LogP contribution in [0.4, 0.5) is 0 Å². The van der Waals surface area contributed by atoms with E-state index in [9.17, 15) is 0 Å². The van der Waals surface area contributed by atoms with E-state index < -0.39 is 0 Å². The maximum atomic E-state index is 6.88. The second-order valence-corrected chi connectivity index (χ2v) is 14.1. The van der Waals surface area contributed by atoms with Crippen molar-refractivity contribution in [3.8, 4) is 28.5 Å². The quantitative estimate of drug-likeness (QED) is 0.116. The molecule has 0 atom stereocenters. The Kier molecular flexibility index (Phi) is 8.33. The molecule has 3 aromatic heterocycles. The topological polar surface area (TPSA) is 56.7 Å². The van der Waals surface area contributed by atoms with Crippen LogP contribution in [-0.2, 0) is 0 Å². The molecule has 0 aliphatic heterocycles. The molecule has 5 nitrogen and oxygen atoms in total. The zero-order valence-corrected chi connectivity index (χ0v) is 31.3. The first-order valence-corrected chi connectivity index (χ1v) is 19.3. The SMILES string of the molecule is C/C=C\C/C(=C\C=C/CC)c1nc(-c2ccccc2)nc(-c2c(-n3c4cc5ccccc5cc4c4c5ccccc5ccc43)ccc3c2oc2ccccc23)n1. The Morgan fingerprint density at radius 2 is 1.36 bits per heavy atom. The van der Waals surface area contributed by atoms with Gasteiger partial charge in [-0.1, -0.05) is 140 Å². The first-order valence-electron chi connectivity index (χ1n) is 19.3. The minimum atomic E-state index is 0.552. The van der Waals surface area contributed by atoms with Gasteiger partial charge in [0.05, 0.1) is 22.3 Å². The Morgan fingerprint density at radius 1 is 0.625 bits per heavy atom. The molecule has 3 heterocycles. The van der Waals surface area contributed by atoms with Crippen molar-refractivity contribution in [1.82, 2.24) is 19.5 Å². The number of nitrogens with zero attached hydrogens (tertiary/aromatic N) is 4. The van der Waals surface area contributed by atoms with Crippen LogP contribution in [0.5, 0.6) is 0 Å².